The second-order valence-electron chi connectivity index (χ2n) is 7.68. The van der Waals surface area contributed by atoms with Crippen molar-refractivity contribution < 1.29 is 5.21 Å². The van der Waals surface area contributed by atoms with E-state index in [9.17, 15) is 5.21 Å². The number of piperazine rings is 1. The van der Waals surface area contributed by atoms with Crippen molar-refractivity contribution in [2.24, 2.45) is 5.16 Å². The van der Waals surface area contributed by atoms with Gasteiger partial charge in [0.15, 0.2) is 0 Å². The van der Waals surface area contributed by atoms with E-state index in [1.807, 2.05) is 48.5 Å². The van der Waals surface area contributed by atoms with Gasteiger partial charge in [-0.15, -0.1) is 0 Å². The first kappa shape index (κ1) is 20.1. The average Bonchev–Trinajstić information content (AvgIpc) is 2.81. The first-order valence-electron chi connectivity index (χ1n) is 10.4. The minimum atomic E-state index is 0.658. The van der Waals surface area contributed by atoms with Crippen molar-refractivity contribution >= 4 is 22.8 Å². The minimum absolute atomic E-state index is 0.658. The lowest BCUT2D eigenvalue weighted by atomic mass is 10.1. The zero-order chi connectivity index (χ0) is 20.8. The summed E-state index contributed by atoms with van der Waals surface area (Å²) in [6.07, 6.45) is 0. The highest BCUT2D eigenvalue weighted by Gasteiger charge is 2.18. The van der Waals surface area contributed by atoms with E-state index in [0.717, 1.165) is 48.8 Å². The SMILES string of the molecule is CN1CCN(C/C(=N\O)c2ccc(N(c3ccccc3)c3ccccc3)cc2)CC1. The van der Waals surface area contributed by atoms with E-state index in [4.69, 9.17) is 0 Å². The van der Waals surface area contributed by atoms with Gasteiger partial charge in [-0.3, -0.25) is 4.90 Å². The maximum absolute atomic E-state index is 9.64. The highest BCUT2D eigenvalue weighted by Crippen LogP contribution is 2.34. The zero-order valence-corrected chi connectivity index (χ0v) is 17.4. The van der Waals surface area contributed by atoms with Crippen LogP contribution in [0.2, 0.25) is 0 Å². The van der Waals surface area contributed by atoms with Gasteiger partial charge in [0.05, 0.1) is 0 Å². The molecule has 1 N–H and O–H groups in total. The number of rotatable bonds is 6. The standard InChI is InChI=1S/C25H28N4O/c1-27-16-18-28(19-17-27)20-25(26-30)21-12-14-24(15-13-21)29(22-8-4-2-5-9-22)23-10-6-3-7-11-23/h2-15,30H,16-20H2,1H3/b26-25+. The third-order valence-electron chi connectivity index (χ3n) is 5.58. The molecule has 0 unspecified atom stereocenters. The predicted molar refractivity (Wildman–Crippen MR) is 123 cm³/mol. The van der Waals surface area contributed by atoms with Crippen LogP contribution in [0.4, 0.5) is 17.1 Å². The van der Waals surface area contributed by atoms with Gasteiger partial charge in [0.25, 0.3) is 0 Å². The third kappa shape index (κ3) is 4.70. The molecular formula is C25H28N4O. The lowest BCUT2D eigenvalue weighted by Gasteiger charge is -2.32. The van der Waals surface area contributed by atoms with Crippen molar-refractivity contribution in [3.8, 4) is 0 Å². The minimum Gasteiger partial charge on any atom is -0.411 e. The molecule has 0 bridgehead atoms. The first-order valence-corrected chi connectivity index (χ1v) is 10.4. The maximum atomic E-state index is 9.64. The van der Waals surface area contributed by atoms with Crippen LogP contribution >= 0.6 is 0 Å². The van der Waals surface area contributed by atoms with Crippen molar-refractivity contribution in [3.63, 3.8) is 0 Å². The summed E-state index contributed by atoms with van der Waals surface area (Å²) in [5.41, 5.74) is 4.92. The Morgan fingerprint density at radius 3 is 1.77 bits per heavy atom. The molecule has 30 heavy (non-hydrogen) atoms. The second kappa shape index (κ2) is 9.57. The molecule has 0 aliphatic carbocycles. The van der Waals surface area contributed by atoms with Crippen LogP contribution in [0.15, 0.2) is 90.1 Å². The summed E-state index contributed by atoms with van der Waals surface area (Å²) in [5.74, 6) is 0. The highest BCUT2D eigenvalue weighted by molar-refractivity contribution is 6.02. The molecule has 1 aliphatic heterocycles. The number of nitrogens with zero attached hydrogens (tertiary/aromatic N) is 4. The molecule has 5 heteroatoms. The Morgan fingerprint density at radius 2 is 1.27 bits per heavy atom. The van der Waals surface area contributed by atoms with Gasteiger partial charge in [0.2, 0.25) is 0 Å². The fraction of sp³-hybridized carbons (Fsp3) is 0.240. The summed E-state index contributed by atoms with van der Waals surface area (Å²) in [5, 5.41) is 13.2. The Labute approximate surface area is 178 Å². The van der Waals surface area contributed by atoms with Crippen LogP contribution in [-0.2, 0) is 0 Å². The lowest BCUT2D eigenvalue weighted by molar-refractivity contribution is 0.169. The van der Waals surface area contributed by atoms with E-state index in [2.05, 4.69) is 63.3 Å². The monoisotopic (exact) mass is 400 g/mol. The quantitative estimate of drug-likeness (QED) is 0.374. The van der Waals surface area contributed by atoms with Gasteiger partial charge in [-0.2, -0.15) is 0 Å². The molecular weight excluding hydrogens is 372 g/mol. The average molecular weight is 401 g/mol. The van der Waals surface area contributed by atoms with Gasteiger partial charge in [-0.05, 0) is 43.4 Å². The number of oxime groups is 1. The van der Waals surface area contributed by atoms with Crippen molar-refractivity contribution in [2.45, 2.75) is 0 Å². The Morgan fingerprint density at radius 1 is 0.767 bits per heavy atom. The van der Waals surface area contributed by atoms with Crippen LogP contribution in [0.25, 0.3) is 0 Å². The van der Waals surface area contributed by atoms with E-state index in [0.29, 0.717) is 12.3 Å². The molecule has 5 nitrogen and oxygen atoms in total. The first-order chi connectivity index (χ1) is 14.7. The van der Waals surface area contributed by atoms with E-state index >= 15 is 0 Å². The predicted octanol–water partition coefficient (Wildman–Crippen LogP) is 4.58. The van der Waals surface area contributed by atoms with Crippen LogP contribution in [0.1, 0.15) is 5.56 Å². The highest BCUT2D eigenvalue weighted by atomic mass is 16.4. The largest absolute Gasteiger partial charge is 0.411 e. The summed E-state index contributed by atoms with van der Waals surface area (Å²) < 4.78 is 0. The number of likely N-dealkylation sites (N-methyl/N-ethyl adjacent to an activating group) is 1. The lowest BCUT2D eigenvalue weighted by Crippen LogP contribution is -2.46. The number of hydrogen-bond donors (Lipinski definition) is 1. The molecule has 3 aromatic carbocycles. The Hall–Kier alpha value is -3.15. The Kier molecular flexibility index (Phi) is 6.42. The molecule has 1 aliphatic rings. The number of anilines is 3. The van der Waals surface area contributed by atoms with Crippen LogP contribution in [0.3, 0.4) is 0 Å². The molecule has 0 saturated carbocycles. The summed E-state index contributed by atoms with van der Waals surface area (Å²) in [6.45, 7) is 4.72. The Balaban J connectivity index is 1.57. The summed E-state index contributed by atoms with van der Waals surface area (Å²) in [4.78, 5) is 6.88. The molecule has 154 valence electrons. The van der Waals surface area contributed by atoms with Crippen LogP contribution in [0, 0.1) is 0 Å². The van der Waals surface area contributed by atoms with Gasteiger partial charge >= 0.3 is 0 Å². The van der Waals surface area contributed by atoms with Gasteiger partial charge in [0, 0.05) is 55.3 Å². The van der Waals surface area contributed by atoms with Crippen LogP contribution < -0.4 is 4.90 Å². The van der Waals surface area contributed by atoms with Crippen molar-refractivity contribution in [1.82, 2.24) is 9.80 Å². The third-order valence-corrected chi connectivity index (χ3v) is 5.58. The molecule has 3 aromatic rings. The topological polar surface area (TPSA) is 42.3 Å². The van der Waals surface area contributed by atoms with E-state index < -0.39 is 0 Å². The van der Waals surface area contributed by atoms with E-state index in [1.54, 1.807) is 0 Å². The maximum Gasteiger partial charge on any atom is 0.101 e. The summed E-state index contributed by atoms with van der Waals surface area (Å²) in [7, 11) is 2.14. The van der Waals surface area contributed by atoms with Gasteiger partial charge < -0.3 is 15.0 Å². The smallest absolute Gasteiger partial charge is 0.101 e. The fourth-order valence-electron chi connectivity index (χ4n) is 3.80. The summed E-state index contributed by atoms with van der Waals surface area (Å²) >= 11 is 0. The van der Waals surface area contributed by atoms with Crippen molar-refractivity contribution in [3.05, 3.63) is 90.5 Å². The molecule has 1 saturated heterocycles. The second-order valence-corrected chi connectivity index (χ2v) is 7.68. The van der Waals surface area contributed by atoms with Gasteiger partial charge in [-0.25, -0.2) is 0 Å². The molecule has 0 atom stereocenters. The summed E-state index contributed by atoms with van der Waals surface area (Å²) in [6, 6.07) is 28.9. The molecule has 1 heterocycles. The van der Waals surface area contributed by atoms with E-state index in [-0.39, 0.29) is 0 Å². The molecule has 4 rings (SSSR count). The molecule has 0 amide bonds. The van der Waals surface area contributed by atoms with Gasteiger partial charge in [-0.1, -0.05) is 53.7 Å². The van der Waals surface area contributed by atoms with Crippen molar-refractivity contribution in [2.75, 3.05) is 44.7 Å². The van der Waals surface area contributed by atoms with Crippen molar-refractivity contribution in [1.29, 1.82) is 0 Å². The fourth-order valence-corrected chi connectivity index (χ4v) is 3.80. The number of benzene rings is 3. The van der Waals surface area contributed by atoms with Crippen LogP contribution in [0.5, 0.6) is 0 Å². The van der Waals surface area contributed by atoms with Crippen LogP contribution in [-0.4, -0.2) is 60.5 Å². The number of para-hydroxylation sites is 2. The van der Waals surface area contributed by atoms with Gasteiger partial charge in [0.1, 0.15) is 5.71 Å². The number of hydrogen-bond acceptors (Lipinski definition) is 5. The normalized spacial score (nSPS) is 15.8. The Bertz CT molecular complexity index is 910. The molecule has 1 fully saturated rings. The molecule has 0 aromatic heterocycles. The zero-order valence-electron chi connectivity index (χ0n) is 17.4. The molecule has 0 radical (unpaired) electrons. The molecule has 0 spiro atoms. The van der Waals surface area contributed by atoms with E-state index in [1.165, 1.54) is 0 Å².